The normalized spacial score (nSPS) is 27.5. The summed E-state index contributed by atoms with van der Waals surface area (Å²) in [7, 11) is 0. The second-order valence-corrected chi connectivity index (χ2v) is 6.58. The van der Waals surface area contributed by atoms with Gasteiger partial charge < -0.3 is 4.74 Å². The van der Waals surface area contributed by atoms with E-state index in [1.165, 1.54) is 0 Å². The SMILES string of the molecule is Cc1nc([C@H]2C[C@@H]3CC[C@H]2O3)n(-c2ccc(Cl)cc2Cl)n1. The van der Waals surface area contributed by atoms with E-state index in [0.717, 1.165) is 36.6 Å². The fraction of sp³-hybridized carbons (Fsp3) is 0.467. The first-order chi connectivity index (χ1) is 10.1. The van der Waals surface area contributed by atoms with Gasteiger partial charge in [0.15, 0.2) is 0 Å². The Kier molecular flexibility index (Phi) is 3.21. The lowest BCUT2D eigenvalue weighted by molar-refractivity contribution is 0.0997. The van der Waals surface area contributed by atoms with Crippen LogP contribution in [0.3, 0.4) is 0 Å². The molecule has 2 aliphatic rings. The summed E-state index contributed by atoms with van der Waals surface area (Å²) < 4.78 is 7.80. The number of aryl methyl sites for hydroxylation is 1. The molecule has 0 amide bonds. The van der Waals surface area contributed by atoms with Crippen LogP contribution in [0.2, 0.25) is 10.0 Å². The maximum absolute atomic E-state index is 6.33. The Hall–Kier alpha value is -1.10. The number of nitrogens with zero attached hydrogens (tertiary/aromatic N) is 3. The largest absolute Gasteiger partial charge is 0.374 e. The molecule has 2 saturated heterocycles. The molecule has 3 atom stereocenters. The maximum Gasteiger partial charge on any atom is 0.148 e. The number of hydrogen-bond donors (Lipinski definition) is 0. The van der Waals surface area contributed by atoms with Crippen LogP contribution >= 0.6 is 23.2 Å². The van der Waals surface area contributed by atoms with Crippen LogP contribution in [0.5, 0.6) is 0 Å². The number of ether oxygens (including phenoxy) is 1. The molecule has 3 heterocycles. The highest BCUT2D eigenvalue weighted by molar-refractivity contribution is 6.35. The van der Waals surface area contributed by atoms with E-state index in [1.54, 1.807) is 6.07 Å². The molecule has 0 saturated carbocycles. The van der Waals surface area contributed by atoms with E-state index in [-0.39, 0.29) is 6.10 Å². The standard InChI is InChI=1S/C15H15Cl2N3O/c1-8-18-15(11-7-10-3-5-14(11)21-10)20(19-8)13-4-2-9(16)6-12(13)17/h2,4,6,10-11,14H,3,5,7H2,1H3/t10-,11-,14+/m0/s1. The van der Waals surface area contributed by atoms with Crippen molar-refractivity contribution in [3.05, 3.63) is 39.9 Å². The van der Waals surface area contributed by atoms with E-state index in [9.17, 15) is 0 Å². The van der Waals surface area contributed by atoms with Crippen molar-refractivity contribution >= 4 is 23.2 Å². The number of rotatable bonds is 2. The lowest BCUT2D eigenvalue weighted by Crippen LogP contribution is -2.19. The van der Waals surface area contributed by atoms with Crippen molar-refractivity contribution in [3.8, 4) is 5.69 Å². The van der Waals surface area contributed by atoms with Gasteiger partial charge in [0, 0.05) is 10.9 Å². The Balaban J connectivity index is 1.79. The van der Waals surface area contributed by atoms with Gasteiger partial charge in [0.05, 0.1) is 22.9 Å². The van der Waals surface area contributed by atoms with E-state index in [4.69, 9.17) is 27.9 Å². The molecule has 4 rings (SSSR count). The van der Waals surface area contributed by atoms with Crippen LogP contribution in [0.15, 0.2) is 18.2 Å². The zero-order valence-corrected chi connectivity index (χ0v) is 13.1. The van der Waals surface area contributed by atoms with E-state index in [2.05, 4.69) is 10.1 Å². The van der Waals surface area contributed by atoms with Crippen LogP contribution in [0.25, 0.3) is 5.69 Å². The van der Waals surface area contributed by atoms with Gasteiger partial charge in [0.2, 0.25) is 0 Å². The molecule has 4 nitrogen and oxygen atoms in total. The van der Waals surface area contributed by atoms with Gasteiger partial charge in [0.1, 0.15) is 11.6 Å². The molecule has 0 unspecified atom stereocenters. The van der Waals surface area contributed by atoms with Crippen LogP contribution < -0.4 is 0 Å². The lowest BCUT2D eigenvalue weighted by atomic mass is 9.88. The van der Waals surface area contributed by atoms with Gasteiger partial charge in [-0.15, -0.1) is 0 Å². The molecule has 0 aliphatic carbocycles. The molecule has 21 heavy (non-hydrogen) atoms. The summed E-state index contributed by atoms with van der Waals surface area (Å²) in [5.74, 6) is 2.00. The minimum absolute atomic E-state index is 0.267. The van der Waals surface area contributed by atoms with Gasteiger partial charge >= 0.3 is 0 Å². The maximum atomic E-state index is 6.33. The third-order valence-corrected chi connectivity index (χ3v) is 4.85. The van der Waals surface area contributed by atoms with E-state index in [1.807, 2.05) is 23.7 Å². The van der Waals surface area contributed by atoms with E-state index >= 15 is 0 Å². The summed E-state index contributed by atoms with van der Waals surface area (Å²) in [5.41, 5.74) is 0.819. The third-order valence-electron chi connectivity index (χ3n) is 4.31. The minimum atomic E-state index is 0.267. The first-order valence-corrected chi connectivity index (χ1v) is 7.92. The van der Waals surface area contributed by atoms with Crippen molar-refractivity contribution in [1.29, 1.82) is 0 Å². The summed E-state index contributed by atoms with van der Waals surface area (Å²) in [4.78, 5) is 4.63. The Morgan fingerprint density at radius 1 is 1.29 bits per heavy atom. The van der Waals surface area contributed by atoms with E-state index < -0.39 is 0 Å². The van der Waals surface area contributed by atoms with Crippen molar-refractivity contribution in [2.45, 2.75) is 44.3 Å². The molecule has 0 N–H and O–H groups in total. The second-order valence-electron chi connectivity index (χ2n) is 5.74. The summed E-state index contributed by atoms with van der Waals surface area (Å²) in [6.45, 7) is 1.90. The Morgan fingerprint density at radius 3 is 2.81 bits per heavy atom. The highest BCUT2D eigenvalue weighted by Gasteiger charge is 2.44. The predicted molar refractivity (Wildman–Crippen MR) is 81.4 cm³/mol. The third kappa shape index (κ3) is 2.26. The smallest absolute Gasteiger partial charge is 0.148 e. The molecule has 2 fully saturated rings. The van der Waals surface area contributed by atoms with Crippen LogP contribution in [-0.4, -0.2) is 27.0 Å². The van der Waals surface area contributed by atoms with Gasteiger partial charge in [0.25, 0.3) is 0 Å². The second kappa shape index (κ2) is 4.97. The van der Waals surface area contributed by atoms with Gasteiger partial charge in [-0.3, -0.25) is 0 Å². The summed E-state index contributed by atoms with van der Waals surface area (Å²) >= 11 is 12.3. The highest BCUT2D eigenvalue weighted by atomic mass is 35.5. The highest BCUT2D eigenvalue weighted by Crippen LogP contribution is 2.44. The predicted octanol–water partition coefficient (Wildman–Crippen LogP) is 3.92. The number of fused-ring (bicyclic) bond motifs is 2. The first kappa shape index (κ1) is 13.6. The van der Waals surface area contributed by atoms with Gasteiger partial charge in [-0.25, -0.2) is 9.67 Å². The van der Waals surface area contributed by atoms with Crippen molar-refractivity contribution < 1.29 is 4.74 Å². The summed E-state index contributed by atoms with van der Waals surface area (Å²) in [6, 6.07) is 5.44. The molecule has 1 aromatic carbocycles. The minimum Gasteiger partial charge on any atom is -0.374 e. The quantitative estimate of drug-likeness (QED) is 0.841. The Bertz CT molecular complexity index is 700. The average Bonchev–Trinajstić information content (AvgIpc) is 3.13. The molecule has 2 aliphatic heterocycles. The van der Waals surface area contributed by atoms with Gasteiger partial charge in [-0.1, -0.05) is 23.2 Å². The summed E-state index contributed by atoms with van der Waals surface area (Å²) in [6.07, 6.45) is 3.94. The van der Waals surface area contributed by atoms with Crippen molar-refractivity contribution in [2.24, 2.45) is 0 Å². The number of benzene rings is 1. The molecular weight excluding hydrogens is 309 g/mol. The lowest BCUT2D eigenvalue weighted by Gasteiger charge is -2.18. The Labute approximate surface area is 133 Å². The molecule has 1 aromatic heterocycles. The fourth-order valence-corrected chi connectivity index (χ4v) is 3.90. The zero-order chi connectivity index (χ0) is 14.6. The topological polar surface area (TPSA) is 39.9 Å². The van der Waals surface area contributed by atoms with E-state index in [0.29, 0.717) is 22.1 Å². The number of halogens is 2. The zero-order valence-electron chi connectivity index (χ0n) is 11.6. The van der Waals surface area contributed by atoms with Crippen molar-refractivity contribution in [1.82, 2.24) is 14.8 Å². The van der Waals surface area contributed by atoms with Gasteiger partial charge in [-0.2, -0.15) is 5.10 Å². The molecule has 2 aromatic rings. The first-order valence-electron chi connectivity index (χ1n) is 7.16. The molecule has 6 heteroatoms. The Morgan fingerprint density at radius 2 is 2.14 bits per heavy atom. The van der Waals surface area contributed by atoms with Crippen molar-refractivity contribution in [3.63, 3.8) is 0 Å². The van der Waals surface area contributed by atoms with Gasteiger partial charge in [-0.05, 0) is 44.4 Å². The molecule has 0 spiro atoms. The number of aromatic nitrogens is 3. The van der Waals surface area contributed by atoms with Crippen LogP contribution in [0.4, 0.5) is 0 Å². The fourth-order valence-electron chi connectivity index (χ4n) is 3.41. The molecule has 2 bridgehead atoms. The molecule has 0 radical (unpaired) electrons. The molecule has 110 valence electrons. The van der Waals surface area contributed by atoms with Crippen molar-refractivity contribution in [2.75, 3.05) is 0 Å². The molecular formula is C15H15Cl2N3O. The van der Waals surface area contributed by atoms with Crippen LogP contribution in [0.1, 0.15) is 36.8 Å². The van der Waals surface area contributed by atoms with Crippen LogP contribution in [0, 0.1) is 6.92 Å². The average molecular weight is 324 g/mol. The summed E-state index contributed by atoms with van der Waals surface area (Å²) in [5, 5.41) is 5.72. The monoisotopic (exact) mass is 323 g/mol. The number of hydrogen-bond acceptors (Lipinski definition) is 3. The van der Waals surface area contributed by atoms with Crippen LogP contribution in [-0.2, 0) is 4.74 Å².